The van der Waals surface area contributed by atoms with Gasteiger partial charge >= 0.3 is 0 Å². The Morgan fingerprint density at radius 1 is 1.56 bits per heavy atom. The van der Waals surface area contributed by atoms with Gasteiger partial charge in [0.05, 0.1) is 0 Å². The van der Waals surface area contributed by atoms with Crippen molar-refractivity contribution in [1.82, 2.24) is 0 Å². The van der Waals surface area contributed by atoms with Gasteiger partial charge in [-0.15, -0.1) is 0 Å². The zero-order valence-corrected chi connectivity index (χ0v) is 6.45. The fraction of sp³-hybridized carbons (Fsp3) is 1.00. The van der Waals surface area contributed by atoms with Gasteiger partial charge in [0, 0.05) is 6.04 Å². The number of hydrogen-bond acceptors (Lipinski definition) is 1. The molecule has 0 aliphatic carbocycles. The standard InChI is InChI=1S/C7H16FN/c1-4-5-6(9)7(2,3)8/h6H,4-5,9H2,1-3H3. The Morgan fingerprint density at radius 2 is 2.00 bits per heavy atom. The second-order valence-electron chi connectivity index (χ2n) is 2.96. The molecule has 1 nitrogen and oxygen atoms in total. The van der Waals surface area contributed by atoms with Crippen molar-refractivity contribution in [2.75, 3.05) is 0 Å². The van der Waals surface area contributed by atoms with Crippen molar-refractivity contribution in [3.05, 3.63) is 0 Å². The Kier molecular flexibility index (Phi) is 3.12. The topological polar surface area (TPSA) is 26.0 Å². The van der Waals surface area contributed by atoms with Crippen molar-refractivity contribution < 1.29 is 4.39 Å². The average Bonchev–Trinajstić information content (AvgIpc) is 1.64. The third-order valence-electron chi connectivity index (χ3n) is 1.48. The molecule has 0 aliphatic heterocycles. The smallest absolute Gasteiger partial charge is 0.120 e. The van der Waals surface area contributed by atoms with Crippen molar-refractivity contribution in [1.29, 1.82) is 0 Å². The van der Waals surface area contributed by atoms with Crippen LogP contribution in [0.5, 0.6) is 0 Å². The highest BCUT2D eigenvalue weighted by molar-refractivity contribution is 4.79. The fourth-order valence-corrected chi connectivity index (χ4v) is 0.654. The van der Waals surface area contributed by atoms with Crippen LogP contribution in [0.2, 0.25) is 0 Å². The fourth-order valence-electron chi connectivity index (χ4n) is 0.654. The minimum Gasteiger partial charge on any atom is -0.325 e. The summed E-state index contributed by atoms with van der Waals surface area (Å²) in [5.74, 6) is 0. The first-order valence-corrected chi connectivity index (χ1v) is 3.43. The third kappa shape index (κ3) is 3.46. The maximum absolute atomic E-state index is 12.8. The summed E-state index contributed by atoms with van der Waals surface area (Å²) in [6, 6.07) is -0.303. The second-order valence-corrected chi connectivity index (χ2v) is 2.96. The van der Waals surface area contributed by atoms with Crippen LogP contribution in [-0.4, -0.2) is 11.7 Å². The van der Waals surface area contributed by atoms with Crippen LogP contribution in [0.15, 0.2) is 0 Å². The van der Waals surface area contributed by atoms with Gasteiger partial charge in [0.1, 0.15) is 5.67 Å². The average molecular weight is 133 g/mol. The molecule has 0 aromatic rings. The van der Waals surface area contributed by atoms with E-state index in [9.17, 15) is 4.39 Å². The molecule has 0 heterocycles. The summed E-state index contributed by atoms with van der Waals surface area (Å²) < 4.78 is 12.8. The highest BCUT2D eigenvalue weighted by Crippen LogP contribution is 2.15. The minimum absolute atomic E-state index is 0.303. The summed E-state index contributed by atoms with van der Waals surface area (Å²) >= 11 is 0. The molecule has 0 spiro atoms. The first kappa shape index (κ1) is 8.89. The Labute approximate surface area is 56.4 Å². The molecule has 56 valence electrons. The Bertz CT molecular complexity index is 75.5. The molecule has 9 heavy (non-hydrogen) atoms. The summed E-state index contributed by atoms with van der Waals surface area (Å²) in [6.45, 7) is 5.05. The van der Waals surface area contributed by atoms with Crippen molar-refractivity contribution >= 4 is 0 Å². The highest BCUT2D eigenvalue weighted by Gasteiger charge is 2.23. The normalized spacial score (nSPS) is 15.7. The molecule has 0 aliphatic rings. The van der Waals surface area contributed by atoms with E-state index in [-0.39, 0.29) is 6.04 Å². The van der Waals surface area contributed by atoms with E-state index in [1.165, 1.54) is 13.8 Å². The van der Waals surface area contributed by atoms with Crippen LogP contribution in [0.4, 0.5) is 4.39 Å². The molecule has 0 amide bonds. The summed E-state index contributed by atoms with van der Waals surface area (Å²) in [5, 5.41) is 0. The SMILES string of the molecule is CCCC(N)C(C)(C)F. The van der Waals surface area contributed by atoms with Crippen molar-refractivity contribution in [3.63, 3.8) is 0 Å². The van der Waals surface area contributed by atoms with Crippen molar-refractivity contribution in [2.45, 2.75) is 45.3 Å². The van der Waals surface area contributed by atoms with Gasteiger partial charge in [-0.3, -0.25) is 0 Å². The molecule has 0 bridgehead atoms. The van der Waals surface area contributed by atoms with E-state index in [0.29, 0.717) is 0 Å². The second kappa shape index (κ2) is 3.16. The van der Waals surface area contributed by atoms with E-state index in [0.717, 1.165) is 12.8 Å². The summed E-state index contributed by atoms with van der Waals surface area (Å²) in [5.41, 5.74) is 4.27. The zero-order chi connectivity index (χ0) is 7.49. The number of alkyl halides is 1. The monoisotopic (exact) mass is 133 g/mol. The molecule has 2 N–H and O–H groups in total. The number of halogens is 1. The number of nitrogens with two attached hydrogens (primary N) is 1. The molecular weight excluding hydrogens is 117 g/mol. The van der Waals surface area contributed by atoms with Crippen LogP contribution in [0.25, 0.3) is 0 Å². The van der Waals surface area contributed by atoms with Gasteiger partial charge in [-0.25, -0.2) is 4.39 Å². The predicted molar refractivity (Wildman–Crippen MR) is 38.1 cm³/mol. The first-order valence-electron chi connectivity index (χ1n) is 3.43. The van der Waals surface area contributed by atoms with E-state index >= 15 is 0 Å². The molecule has 0 saturated carbocycles. The maximum atomic E-state index is 12.8. The maximum Gasteiger partial charge on any atom is 0.120 e. The summed E-state index contributed by atoms with van der Waals surface area (Å²) in [7, 11) is 0. The van der Waals surface area contributed by atoms with E-state index in [4.69, 9.17) is 5.73 Å². The van der Waals surface area contributed by atoms with E-state index < -0.39 is 5.67 Å². The Morgan fingerprint density at radius 3 is 2.11 bits per heavy atom. The molecule has 1 unspecified atom stereocenters. The van der Waals surface area contributed by atoms with Crippen LogP contribution in [0.1, 0.15) is 33.6 Å². The van der Waals surface area contributed by atoms with E-state index in [2.05, 4.69) is 0 Å². The lowest BCUT2D eigenvalue weighted by molar-refractivity contribution is 0.166. The van der Waals surface area contributed by atoms with Crippen LogP contribution in [0.3, 0.4) is 0 Å². The van der Waals surface area contributed by atoms with Gasteiger partial charge in [-0.05, 0) is 20.3 Å². The van der Waals surface area contributed by atoms with Crippen molar-refractivity contribution in [2.24, 2.45) is 5.73 Å². The molecule has 2 heteroatoms. The Balaban J connectivity index is 3.59. The molecule has 0 aromatic heterocycles. The molecule has 0 rings (SSSR count). The van der Waals surface area contributed by atoms with E-state index in [1.54, 1.807) is 0 Å². The Hall–Kier alpha value is -0.110. The van der Waals surface area contributed by atoms with Gasteiger partial charge in [0.25, 0.3) is 0 Å². The molecule has 1 atom stereocenters. The highest BCUT2D eigenvalue weighted by atomic mass is 19.1. The summed E-state index contributed by atoms with van der Waals surface area (Å²) in [4.78, 5) is 0. The molecule has 0 saturated heterocycles. The lowest BCUT2D eigenvalue weighted by Crippen LogP contribution is -2.39. The van der Waals surface area contributed by atoms with Gasteiger partial charge in [0.2, 0.25) is 0 Å². The minimum atomic E-state index is -1.21. The van der Waals surface area contributed by atoms with Crippen LogP contribution < -0.4 is 5.73 Å². The van der Waals surface area contributed by atoms with Gasteiger partial charge in [-0.1, -0.05) is 13.3 Å². The third-order valence-corrected chi connectivity index (χ3v) is 1.48. The zero-order valence-electron chi connectivity index (χ0n) is 6.45. The lowest BCUT2D eigenvalue weighted by Gasteiger charge is -2.21. The van der Waals surface area contributed by atoms with Gasteiger partial charge in [-0.2, -0.15) is 0 Å². The lowest BCUT2D eigenvalue weighted by atomic mass is 9.98. The predicted octanol–water partition coefficient (Wildman–Crippen LogP) is 1.86. The van der Waals surface area contributed by atoms with Crippen molar-refractivity contribution in [3.8, 4) is 0 Å². The van der Waals surface area contributed by atoms with Gasteiger partial charge in [0.15, 0.2) is 0 Å². The molecule has 0 radical (unpaired) electrons. The number of hydrogen-bond donors (Lipinski definition) is 1. The summed E-state index contributed by atoms with van der Waals surface area (Å²) in [6.07, 6.45) is 1.72. The van der Waals surface area contributed by atoms with Crippen LogP contribution in [-0.2, 0) is 0 Å². The largest absolute Gasteiger partial charge is 0.325 e. The number of rotatable bonds is 3. The molecular formula is C7H16FN. The van der Waals surface area contributed by atoms with Crippen LogP contribution >= 0.6 is 0 Å². The van der Waals surface area contributed by atoms with Crippen LogP contribution in [0, 0.1) is 0 Å². The van der Waals surface area contributed by atoms with E-state index in [1.807, 2.05) is 6.92 Å². The first-order chi connectivity index (χ1) is 3.98. The quantitative estimate of drug-likeness (QED) is 0.624. The van der Waals surface area contributed by atoms with Gasteiger partial charge < -0.3 is 5.73 Å². The molecule has 0 fully saturated rings. The molecule has 0 aromatic carbocycles.